The maximum atomic E-state index is 13.2. The van der Waals surface area contributed by atoms with E-state index in [1.807, 2.05) is 0 Å². The molecule has 0 saturated carbocycles. The normalized spacial score (nSPS) is 14.0. The monoisotopic (exact) mass is 375 g/mol. The first kappa shape index (κ1) is 19.4. The second-order valence-electron chi connectivity index (χ2n) is 5.44. The lowest BCUT2D eigenvalue weighted by molar-refractivity contribution is -0.137. The predicted molar refractivity (Wildman–Crippen MR) is 82.1 cm³/mol. The fraction of sp³-hybridized carbons (Fsp3) is 0.429. The number of halogens is 5. The van der Waals surface area contributed by atoms with Crippen LogP contribution in [0.25, 0.3) is 0 Å². The van der Waals surface area contributed by atoms with Crippen LogP contribution in [0, 0.1) is 18.3 Å². The number of rotatable bonds is 5. The van der Waals surface area contributed by atoms with E-state index in [-0.39, 0.29) is 17.3 Å². The fourth-order valence-electron chi connectivity index (χ4n) is 2.15. The molecule has 0 spiro atoms. The number of nitrogens with one attached hydrogen (secondary N) is 2. The SMILES string of the molecule is CNc1nc(Nc2cnn([C@@](C)(C#N)C(F)F)c2C)ncc1C(F)(F)F. The average molecular weight is 375 g/mol. The van der Waals surface area contributed by atoms with Crippen LogP contribution in [0.1, 0.15) is 18.2 Å². The Morgan fingerprint density at radius 1 is 1.27 bits per heavy atom. The summed E-state index contributed by atoms with van der Waals surface area (Å²) in [7, 11) is 1.27. The first-order valence-corrected chi connectivity index (χ1v) is 7.18. The van der Waals surface area contributed by atoms with Crippen molar-refractivity contribution >= 4 is 17.5 Å². The van der Waals surface area contributed by atoms with Gasteiger partial charge in [-0.2, -0.15) is 28.5 Å². The van der Waals surface area contributed by atoms with Gasteiger partial charge in [-0.25, -0.2) is 18.4 Å². The van der Waals surface area contributed by atoms with Gasteiger partial charge in [0.25, 0.3) is 6.43 Å². The smallest absolute Gasteiger partial charge is 0.372 e. The van der Waals surface area contributed by atoms with Gasteiger partial charge in [-0.05, 0) is 13.8 Å². The van der Waals surface area contributed by atoms with Crippen LogP contribution in [-0.4, -0.2) is 33.2 Å². The molecule has 0 bridgehead atoms. The number of hydrogen-bond donors (Lipinski definition) is 2. The number of aromatic nitrogens is 4. The Labute approximate surface area is 144 Å². The summed E-state index contributed by atoms with van der Waals surface area (Å²) in [5.74, 6) is -0.643. The van der Waals surface area contributed by atoms with Crippen molar-refractivity contribution < 1.29 is 22.0 Å². The van der Waals surface area contributed by atoms with Crippen LogP contribution in [0.4, 0.5) is 39.4 Å². The minimum Gasteiger partial charge on any atom is -0.372 e. The van der Waals surface area contributed by atoms with Gasteiger partial charge in [0.05, 0.1) is 23.6 Å². The van der Waals surface area contributed by atoms with E-state index in [1.165, 1.54) is 20.0 Å². The lowest BCUT2D eigenvalue weighted by Gasteiger charge is -2.22. The second kappa shape index (κ2) is 6.74. The number of hydrogen-bond acceptors (Lipinski definition) is 6. The number of nitriles is 1. The van der Waals surface area contributed by atoms with Gasteiger partial charge >= 0.3 is 6.18 Å². The Morgan fingerprint density at radius 2 is 1.92 bits per heavy atom. The van der Waals surface area contributed by atoms with Gasteiger partial charge in [0.2, 0.25) is 11.5 Å². The largest absolute Gasteiger partial charge is 0.421 e. The van der Waals surface area contributed by atoms with Gasteiger partial charge < -0.3 is 10.6 Å². The van der Waals surface area contributed by atoms with Crippen molar-refractivity contribution in [2.45, 2.75) is 32.0 Å². The maximum absolute atomic E-state index is 13.2. The Bertz CT molecular complexity index is 839. The Morgan fingerprint density at radius 3 is 2.42 bits per heavy atom. The highest BCUT2D eigenvalue weighted by molar-refractivity contribution is 5.58. The van der Waals surface area contributed by atoms with Crippen molar-refractivity contribution in [3.8, 4) is 6.07 Å². The molecular formula is C14H14F5N7. The van der Waals surface area contributed by atoms with E-state index in [4.69, 9.17) is 5.26 Å². The van der Waals surface area contributed by atoms with Gasteiger partial charge in [-0.1, -0.05) is 0 Å². The van der Waals surface area contributed by atoms with Crippen molar-refractivity contribution in [2.75, 3.05) is 17.7 Å². The van der Waals surface area contributed by atoms with Crippen molar-refractivity contribution in [2.24, 2.45) is 0 Å². The summed E-state index contributed by atoms with van der Waals surface area (Å²) in [6.07, 6.45) is -5.88. The summed E-state index contributed by atoms with van der Waals surface area (Å²) in [5.41, 5.74) is -2.90. The zero-order chi connectivity index (χ0) is 19.7. The van der Waals surface area contributed by atoms with Crippen LogP contribution in [0.3, 0.4) is 0 Å². The van der Waals surface area contributed by atoms with Crippen molar-refractivity contribution in [3.63, 3.8) is 0 Å². The second-order valence-corrected chi connectivity index (χ2v) is 5.44. The molecule has 0 aliphatic carbocycles. The van der Waals surface area contributed by atoms with Crippen LogP contribution in [0.2, 0.25) is 0 Å². The standard InChI is InChI=1S/C14H14F5N7/c1-7-9(5-23-26(7)13(2,6-20)11(15)16)24-12-22-4-8(14(17,18)19)10(21-3)25-12/h4-5,11H,1-3H3,(H2,21,22,24,25)/t13-/m0/s1. The molecule has 2 aromatic rings. The van der Waals surface area contributed by atoms with E-state index in [1.54, 1.807) is 0 Å². The minimum atomic E-state index is -4.64. The van der Waals surface area contributed by atoms with E-state index < -0.39 is 29.5 Å². The van der Waals surface area contributed by atoms with Crippen LogP contribution in [0.15, 0.2) is 12.4 Å². The number of nitrogens with zero attached hydrogens (tertiary/aromatic N) is 5. The molecule has 12 heteroatoms. The molecule has 0 amide bonds. The number of anilines is 3. The molecule has 0 unspecified atom stereocenters. The Hall–Kier alpha value is -2.97. The quantitative estimate of drug-likeness (QED) is 0.780. The molecule has 0 radical (unpaired) electrons. The van der Waals surface area contributed by atoms with Crippen LogP contribution in [-0.2, 0) is 11.7 Å². The summed E-state index contributed by atoms with van der Waals surface area (Å²) < 4.78 is 65.8. The summed E-state index contributed by atoms with van der Waals surface area (Å²) >= 11 is 0. The molecule has 0 aliphatic rings. The molecule has 26 heavy (non-hydrogen) atoms. The van der Waals surface area contributed by atoms with Crippen LogP contribution < -0.4 is 10.6 Å². The summed E-state index contributed by atoms with van der Waals surface area (Å²) in [6, 6.07) is 1.51. The first-order valence-electron chi connectivity index (χ1n) is 7.18. The van der Waals surface area contributed by atoms with Crippen molar-refractivity contribution in [1.82, 2.24) is 19.7 Å². The molecule has 0 saturated heterocycles. The molecule has 2 aromatic heterocycles. The molecule has 140 valence electrons. The van der Waals surface area contributed by atoms with E-state index in [9.17, 15) is 22.0 Å². The van der Waals surface area contributed by atoms with Crippen molar-refractivity contribution in [1.29, 1.82) is 5.26 Å². The lowest BCUT2D eigenvalue weighted by Crippen LogP contribution is -2.37. The highest BCUT2D eigenvalue weighted by atomic mass is 19.4. The Balaban J connectivity index is 2.38. The topological polar surface area (TPSA) is 91.5 Å². The zero-order valence-electron chi connectivity index (χ0n) is 13.9. The summed E-state index contributed by atoms with van der Waals surface area (Å²) in [4.78, 5) is 7.30. The highest BCUT2D eigenvalue weighted by Crippen LogP contribution is 2.34. The fourth-order valence-corrected chi connectivity index (χ4v) is 2.15. The maximum Gasteiger partial charge on any atom is 0.421 e. The van der Waals surface area contributed by atoms with Gasteiger partial charge in [0.1, 0.15) is 11.4 Å². The average Bonchev–Trinajstić information content (AvgIpc) is 2.94. The highest BCUT2D eigenvalue weighted by Gasteiger charge is 2.40. The summed E-state index contributed by atoms with van der Waals surface area (Å²) in [5, 5.41) is 17.8. The van der Waals surface area contributed by atoms with E-state index in [0.717, 1.165) is 17.8 Å². The molecule has 2 heterocycles. The van der Waals surface area contributed by atoms with E-state index in [0.29, 0.717) is 6.20 Å². The van der Waals surface area contributed by atoms with Crippen LogP contribution >= 0.6 is 0 Å². The predicted octanol–water partition coefficient (Wildman–Crippen LogP) is 3.29. The molecular weight excluding hydrogens is 361 g/mol. The van der Waals surface area contributed by atoms with Gasteiger partial charge in [-0.3, -0.25) is 0 Å². The Kier molecular flexibility index (Phi) is 5.02. The zero-order valence-corrected chi connectivity index (χ0v) is 13.9. The minimum absolute atomic E-state index is 0.170. The van der Waals surface area contributed by atoms with Gasteiger partial charge in [0, 0.05) is 13.2 Å². The molecule has 0 fully saturated rings. The third kappa shape index (κ3) is 3.37. The van der Waals surface area contributed by atoms with Gasteiger partial charge in [-0.15, -0.1) is 0 Å². The molecule has 2 rings (SSSR count). The molecule has 7 nitrogen and oxygen atoms in total. The summed E-state index contributed by atoms with van der Waals surface area (Å²) in [6.45, 7) is 2.45. The van der Waals surface area contributed by atoms with E-state index in [2.05, 4.69) is 25.7 Å². The molecule has 1 atom stereocenters. The lowest BCUT2D eigenvalue weighted by atomic mass is 10.1. The number of alkyl halides is 5. The molecule has 0 aliphatic heterocycles. The third-order valence-corrected chi connectivity index (χ3v) is 3.68. The van der Waals surface area contributed by atoms with E-state index >= 15 is 0 Å². The van der Waals surface area contributed by atoms with Crippen molar-refractivity contribution in [3.05, 3.63) is 23.7 Å². The third-order valence-electron chi connectivity index (χ3n) is 3.68. The molecule has 0 aromatic carbocycles. The first-order chi connectivity index (χ1) is 12.0. The van der Waals surface area contributed by atoms with Gasteiger partial charge in [0.15, 0.2) is 0 Å². The molecule has 2 N–H and O–H groups in total. The van der Waals surface area contributed by atoms with Crippen LogP contribution in [0.5, 0.6) is 0 Å².